The van der Waals surface area contributed by atoms with E-state index in [1.807, 2.05) is 12.1 Å². The lowest BCUT2D eigenvalue weighted by atomic mass is 10.1. The van der Waals surface area contributed by atoms with Crippen LogP contribution in [0, 0.1) is 0 Å². The zero-order valence-corrected chi connectivity index (χ0v) is 13.1. The first-order chi connectivity index (χ1) is 11.3. The molecule has 1 aromatic carbocycles. The average molecular weight is 309 g/mol. The molecule has 0 N–H and O–H groups in total. The number of ether oxygens (including phenoxy) is 1. The second-order valence-corrected chi connectivity index (χ2v) is 5.51. The van der Waals surface area contributed by atoms with Crippen molar-refractivity contribution < 1.29 is 13.9 Å². The Morgan fingerprint density at radius 3 is 2.65 bits per heavy atom. The summed E-state index contributed by atoms with van der Waals surface area (Å²) in [5.41, 5.74) is 2.35. The van der Waals surface area contributed by atoms with E-state index in [9.17, 15) is 4.79 Å². The van der Waals surface area contributed by atoms with Gasteiger partial charge in [-0.25, -0.2) is 9.79 Å². The van der Waals surface area contributed by atoms with Crippen molar-refractivity contribution in [3.05, 3.63) is 65.2 Å². The second-order valence-electron chi connectivity index (χ2n) is 5.51. The SMILES string of the molecule is CCCCCc1ccc(C2=NC(=Cc3ccco3)C(=O)O2)cc1. The molecule has 0 unspecified atom stereocenters. The summed E-state index contributed by atoms with van der Waals surface area (Å²) >= 11 is 0. The first-order valence-corrected chi connectivity index (χ1v) is 7.91. The van der Waals surface area contributed by atoms with Crippen molar-refractivity contribution in [1.29, 1.82) is 0 Å². The van der Waals surface area contributed by atoms with Gasteiger partial charge in [-0.05, 0) is 42.7 Å². The van der Waals surface area contributed by atoms with Gasteiger partial charge in [-0.2, -0.15) is 0 Å². The van der Waals surface area contributed by atoms with E-state index in [2.05, 4.69) is 24.0 Å². The van der Waals surface area contributed by atoms with Crippen LogP contribution in [0.1, 0.15) is 43.1 Å². The number of esters is 1. The average Bonchev–Trinajstić information content (AvgIpc) is 3.19. The zero-order valence-electron chi connectivity index (χ0n) is 13.1. The van der Waals surface area contributed by atoms with Gasteiger partial charge >= 0.3 is 5.97 Å². The summed E-state index contributed by atoms with van der Waals surface area (Å²) in [7, 11) is 0. The molecular formula is C19H19NO3. The zero-order chi connectivity index (χ0) is 16.1. The standard InChI is InChI=1S/C19H19NO3/c1-2-3-4-6-14-8-10-15(11-9-14)18-20-17(19(21)23-18)13-16-7-5-12-22-16/h5,7-13H,2-4,6H2,1H3. The van der Waals surface area contributed by atoms with Crippen molar-refractivity contribution in [3.63, 3.8) is 0 Å². The van der Waals surface area contributed by atoms with Crippen molar-refractivity contribution in [2.45, 2.75) is 32.6 Å². The third kappa shape index (κ3) is 3.77. The largest absolute Gasteiger partial charge is 0.465 e. The monoisotopic (exact) mass is 309 g/mol. The number of aliphatic imine (C=N–C) groups is 1. The van der Waals surface area contributed by atoms with Crippen LogP contribution < -0.4 is 0 Å². The fourth-order valence-electron chi connectivity index (χ4n) is 2.43. The minimum atomic E-state index is -0.455. The van der Waals surface area contributed by atoms with E-state index in [1.54, 1.807) is 24.5 Å². The minimum Gasteiger partial charge on any atom is -0.465 e. The van der Waals surface area contributed by atoms with Gasteiger partial charge in [0.15, 0.2) is 5.70 Å². The van der Waals surface area contributed by atoms with E-state index in [1.165, 1.54) is 24.8 Å². The molecule has 2 heterocycles. The van der Waals surface area contributed by atoms with Crippen LogP contribution in [0.4, 0.5) is 0 Å². The van der Waals surface area contributed by atoms with Crippen LogP contribution in [0.3, 0.4) is 0 Å². The number of nitrogens with zero attached hydrogens (tertiary/aromatic N) is 1. The van der Waals surface area contributed by atoms with E-state index in [0.29, 0.717) is 11.7 Å². The highest BCUT2D eigenvalue weighted by atomic mass is 16.6. The molecule has 118 valence electrons. The molecule has 0 saturated carbocycles. The molecule has 0 atom stereocenters. The molecule has 4 nitrogen and oxygen atoms in total. The Hall–Kier alpha value is -2.62. The predicted molar refractivity (Wildman–Crippen MR) is 89.0 cm³/mol. The number of hydrogen-bond acceptors (Lipinski definition) is 4. The van der Waals surface area contributed by atoms with Gasteiger partial charge in [0.05, 0.1) is 6.26 Å². The van der Waals surface area contributed by atoms with Gasteiger partial charge in [0.1, 0.15) is 5.76 Å². The minimum absolute atomic E-state index is 0.252. The number of hydrogen-bond donors (Lipinski definition) is 0. The predicted octanol–water partition coefficient (Wildman–Crippen LogP) is 4.36. The highest BCUT2D eigenvalue weighted by Gasteiger charge is 2.24. The molecule has 2 aromatic rings. The lowest BCUT2D eigenvalue weighted by Gasteiger charge is -2.03. The van der Waals surface area contributed by atoms with Gasteiger partial charge in [-0.15, -0.1) is 0 Å². The van der Waals surface area contributed by atoms with E-state index >= 15 is 0 Å². The summed E-state index contributed by atoms with van der Waals surface area (Å²) in [5.74, 6) is 0.463. The fraction of sp³-hybridized carbons (Fsp3) is 0.263. The van der Waals surface area contributed by atoms with E-state index in [0.717, 1.165) is 12.0 Å². The van der Waals surface area contributed by atoms with Crippen LogP contribution in [-0.4, -0.2) is 11.9 Å². The van der Waals surface area contributed by atoms with Crippen LogP contribution in [0.15, 0.2) is 57.8 Å². The molecule has 3 rings (SSSR count). The maximum absolute atomic E-state index is 11.9. The van der Waals surface area contributed by atoms with Gasteiger partial charge < -0.3 is 9.15 Å². The van der Waals surface area contributed by atoms with Crippen molar-refractivity contribution in [2.24, 2.45) is 4.99 Å². The Morgan fingerprint density at radius 2 is 1.96 bits per heavy atom. The smallest absolute Gasteiger partial charge is 0.363 e. The molecule has 0 radical (unpaired) electrons. The van der Waals surface area contributed by atoms with Gasteiger partial charge in [-0.3, -0.25) is 0 Å². The molecule has 0 bridgehead atoms. The molecule has 1 aliphatic heterocycles. The van der Waals surface area contributed by atoms with Gasteiger partial charge in [0, 0.05) is 11.6 Å². The van der Waals surface area contributed by atoms with Gasteiger partial charge in [0.25, 0.3) is 0 Å². The molecule has 0 spiro atoms. The second kappa shape index (κ2) is 7.09. The summed E-state index contributed by atoms with van der Waals surface area (Å²) in [6.45, 7) is 2.20. The van der Waals surface area contributed by atoms with E-state index in [-0.39, 0.29) is 5.70 Å². The van der Waals surface area contributed by atoms with E-state index < -0.39 is 5.97 Å². The van der Waals surface area contributed by atoms with Gasteiger partial charge in [-0.1, -0.05) is 31.9 Å². The summed E-state index contributed by atoms with van der Waals surface area (Å²) < 4.78 is 10.4. The fourth-order valence-corrected chi connectivity index (χ4v) is 2.43. The van der Waals surface area contributed by atoms with Crippen LogP contribution in [0.25, 0.3) is 6.08 Å². The molecule has 1 aromatic heterocycles. The molecule has 1 aliphatic rings. The third-order valence-corrected chi connectivity index (χ3v) is 3.71. The topological polar surface area (TPSA) is 51.8 Å². The van der Waals surface area contributed by atoms with Crippen molar-refractivity contribution in [2.75, 3.05) is 0 Å². The molecule has 0 fully saturated rings. The number of benzene rings is 1. The Kier molecular flexibility index (Phi) is 4.71. The number of carbonyl (C=O) groups is 1. The highest BCUT2D eigenvalue weighted by Crippen LogP contribution is 2.20. The summed E-state index contributed by atoms with van der Waals surface area (Å²) in [6, 6.07) is 11.5. The van der Waals surface area contributed by atoms with Crippen LogP contribution in [-0.2, 0) is 16.0 Å². The first kappa shape index (κ1) is 15.3. The number of furan rings is 1. The van der Waals surface area contributed by atoms with E-state index in [4.69, 9.17) is 9.15 Å². The van der Waals surface area contributed by atoms with Crippen LogP contribution in [0.2, 0.25) is 0 Å². The molecule has 0 saturated heterocycles. The van der Waals surface area contributed by atoms with Crippen LogP contribution in [0.5, 0.6) is 0 Å². The quantitative estimate of drug-likeness (QED) is 0.452. The number of cyclic esters (lactones) is 1. The number of carbonyl (C=O) groups excluding carboxylic acids is 1. The maximum Gasteiger partial charge on any atom is 0.363 e. The van der Waals surface area contributed by atoms with Crippen molar-refractivity contribution in [1.82, 2.24) is 0 Å². The molecular weight excluding hydrogens is 290 g/mol. The lowest BCUT2D eigenvalue weighted by Crippen LogP contribution is -2.05. The Bertz CT molecular complexity index is 724. The normalized spacial score (nSPS) is 15.8. The lowest BCUT2D eigenvalue weighted by molar-refractivity contribution is -0.129. The number of rotatable bonds is 6. The molecule has 4 heteroatoms. The Morgan fingerprint density at radius 1 is 1.13 bits per heavy atom. The molecule has 23 heavy (non-hydrogen) atoms. The van der Waals surface area contributed by atoms with Crippen LogP contribution >= 0.6 is 0 Å². The Labute approximate surface area is 135 Å². The molecule has 0 aliphatic carbocycles. The number of aryl methyl sites for hydroxylation is 1. The summed E-state index contributed by atoms with van der Waals surface area (Å²) in [6.07, 6.45) is 7.86. The first-order valence-electron chi connectivity index (χ1n) is 7.91. The van der Waals surface area contributed by atoms with Crippen molar-refractivity contribution >= 4 is 17.9 Å². The number of unbranched alkanes of at least 4 members (excludes halogenated alkanes) is 2. The van der Waals surface area contributed by atoms with Gasteiger partial charge in [0.2, 0.25) is 5.90 Å². The Balaban J connectivity index is 1.73. The van der Waals surface area contributed by atoms with Crippen molar-refractivity contribution in [3.8, 4) is 0 Å². The molecule has 0 amide bonds. The third-order valence-electron chi connectivity index (χ3n) is 3.71. The maximum atomic E-state index is 11.9. The summed E-state index contributed by atoms with van der Waals surface area (Å²) in [5, 5.41) is 0. The highest BCUT2D eigenvalue weighted by molar-refractivity contribution is 6.12. The summed E-state index contributed by atoms with van der Waals surface area (Å²) in [4.78, 5) is 16.1.